The summed E-state index contributed by atoms with van der Waals surface area (Å²) in [6, 6.07) is 11.8. The molecular weight excluding hydrogens is 390 g/mol. The van der Waals surface area contributed by atoms with E-state index in [-0.39, 0.29) is 5.56 Å². The number of rotatable bonds is 4. The van der Waals surface area contributed by atoms with E-state index in [9.17, 15) is 4.79 Å². The monoisotopic (exact) mass is 405 g/mol. The average molecular weight is 406 g/mol. The molecule has 5 aromatic rings. The Morgan fingerprint density at radius 1 is 1.21 bits per heavy atom. The predicted molar refractivity (Wildman–Crippen MR) is 116 cm³/mol. The number of hydrogen-bond acceptors (Lipinski definition) is 6. The van der Waals surface area contributed by atoms with Crippen molar-refractivity contribution in [2.24, 2.45) is 5.10 Å². The fraction of sp³-hybridized carbons (Fsp3) is 0.0952. The second-order valence-electron chi connectivity index (χ2n) is 6.23. The van der Waals surface area contributed by atoms with Crippen molar-refractivity contribution in [1.82, 2.24) is 9.66 Å². The van der Waals surface area contributed by atoms with E-state index in [4.69, 9.17) is 4.42 Å². The molecule has 0 saturated carbocycles. The van der Waals surface area contributed by atoms with Gasteiger partial charge >= 0.3 is 0 Å². The first-order valence-corrected chi connectivity index (χ1v) is 10.6. The number of furan rings is 1. The van der Waals surface area contributed by atoms with Crippen molar-refractivity contribution >= 4 is 50.1 Å². The van der Waals surface area contributed by atoms with Crippen LogP contribution in [0.15, 0.2) is 67.8 Å². The van der Waals surface area contributed by atoms with Gasteiger partial charge in [0.15, 0.2) is 0 Å². The standard InChI is InChI=1S/C21H15N3O2S2/c1-2-16-14(13-6-3-4-7-17(13)26-16)10-23-24-12-22-20-19(21(24)25)15(11-28-20)18-8-5-9-27-18/h3-12H,2H2,1H3/b23-10-. The number of hydrogen-bond donors (Lipinski definition) is 0. The van der Waals surface area contributed by atoms with Gasteiger partial charge in [-0.3, -0.25) is 4.79 Å². The summed E-state index contributed by atoms with van der Waals surface area (Å²) in [4.78, 5) is 19.3. The Labute approximate surface area is 168 Å². The van der Waals surface area contributed by atoms with E-state index in [1.54, 1.807) is 17.6 Å². The fourth-order valence-electron chi connectivity index (χ4n) is 3.26. The number of fused-ring (bicyclic) bond motifs is 2. The van der Waals surface area contributed by atoms with E-state index in [1.165, 1.54) is 22.3 Å². The summed E-state index contributed by atoms with van der Waals surface area (Å²) in [6.45, 7) is 2.04. The van der Waals surface area contributed by atoms with Crippen LogP contribution in [0.3, 0.4) is 0 Å². The highest BCUT2D eigenvalue weighted by atomic mass is 32.1. The lowest BCUT2D eigenvalue weighted by Gasteiger charge is -2.00. The number of thiophene rings is 2. The topological polar surface area (TPSA) is 60.4 Å². The van der Waals surface area contributed by atoms with Crippen LogP contribution < -0.4 is 5.56 Å². The lowest BCUT2D eigenvalue weighted by molar-refractivity contribution is 0.556. The number of nitrogens with zero attached hydrogens (tertiary/aromatic N) is 3. The van der Waals surface area contributed by atoms with Crippen LogP contribution in [-0.4, -0.2) is 15.9 Å². The van der Waals surface area contributed by atoms with E-state index < -0.39 is 0 Å². The van der Waals surface area contributed by atoms with Gasteiger partial charge in [-0.2, -0.15) is 9.78 Å². The Morgan fingerprint density at radius 3 is 2.93 bits per heavy atom. The normalized spacial score (nSPS) is 11.9. The van der Waals surface area contributed by atoms with Gasteiger partial charge < -0.3 is 4.42 Å². The zero-order chi connectivity index (χ0) is 19.1. The Bertz CT molecular complexity index is 1370. The first-order valence-electron chi connectivity index (χ1n) is 8.83. The molecule has 0 N–H and O–H groups in total. The highest BCUT2D eigenvalue weighted by Crippen LogP contribution is 2.33. The molecule has 0 atom stereocenters. The second-order valence-corrected chi connectivity index (χ2v) is 8.04. The van der Waals surface area contributed by atoms with E-state index in [0.29, 0.717) is 5.39 Å². The van der Waals surface area contributed by atoms with Crippen molar-refractivity contribution in [3.05, 3.63) is 75.2 Å². The van der Waals surface area contributed by atoms with E-state index >= 15 is 0 Å². The molecule has 0 saturated heterocycles. The molecule has 4 aromatic heterocycles. The van der Waals surface area contributed by atoms with E-state index in [0.717, 1.165) is 44.0 Å². The molecule has 5 rings (SSSR count). The molecule has 138 valence electrons. The predicted octanol–water partition coefficient (Wildman–Crippen LogP) is 5.38. The molecule has 0 bridgehead atoms. The van der Waals surface area contributed by atoms with Crippen LogP contribution in [-0.2, 0) is 6.42 Å². The summed E-state index contributed by atoms with van der Waals surface area (Å²) >= 11 is 3.08. The number of aryl methyl sites for hydroxylation is 1. The van der Waals surface area contributed by atoms with Crippen molar-refractivity contribution in [3.63, 3.8) is 0 Å². The van der Waals surface area contributed by atoms with E-state index in [2.05, 4.69) is 10.1 Å². The summed E-state index contributed by atoms with van der Waals surface area (Å²) in [5, 5.41) is 10.0. The Morgan fingerprint density at radius 2 is 2.11 bits per heavy atom. The van der Waals surface area contributed by atoms with Gasteiger partial charge in [-0.25, -0.2) is 4.98 Å². The maximum atomic E-state index is 13.1. The number of para-hydroxylation sites is 1. The summed E-state index contributed by atoms with van der Waals surface area (Å²) in [5.74, 6) is 0.849. The minimum atomic E-state index is -0.170. The minimum Gasteiger partial charge on any atom is -0.460 e. The summed E-state index contributed by atoms with van der Waals surface area (Å²) in [7, 11) is 0. The van der Waals surface area contributed by atoms with Gasteiger partial charge in [0.25, 0.3) is 5.56 Å². The summed E-state index contributed by atoms with van der Waals surface area (Å²) in [5.41, 5.74) is 2.46. The molecule has 0 aliphatic heterocycles. The minimum absolute atomic E-state index is 0.170. The highest BCUT2D eigenvalue weighted by molar-refractivity contribution is 7.18. The molecule has 0 fully saturated rings. The lowest BCUT2D eigenvalue weighted by Crippen LogP contribution is -2.16. The largest absolute Gasteiger partial charge is 0.460 e. The molecule has 4 heterocycles. The molecular formula is C21H15N3O2S2. The molecule has 0 aliphatic carbocycles. The molecule has 1 aromatic carbocycles. The first kappa shape index (κ1) is 17.1. The van der Waals surface area contributed by atoms with Gasteiger partial charge in [-0.05, 0) is 17.5 Å². The molecule has 28 heavy (non-hydrogen) atoms. The van der Waals surface area contributed by atoms with Gasteiger partial charge in [0.1, 0.15) is 22.5 Å². The lowest BCUT2D eigenvalue weighted by atomic mass is 10.1. The van der Waals surface area contributed by atoms with Crippen LogP contribution >= 0.6 is 22.7 Å². The summed E-state index contributed by atoms with van der Waals surface area (Å²) in [6.07, 6.45) is 3.91. The molecule has 0 aliphatic rings. The van der Waals surface area contributed by atoms with Crippen LogP contribution in [0.4, 0.5) is 0 Å². The average Bonchev–Trinajstić information content (AvgIpc) is 3.45. The van der Waals surface area contributed by atoms with Gasteiger partial charge in [0, 0.05) is 33.2 Å². The zero-order valence-electron chi connectivity index (χ0n) is 15.0. The number of benzene rings is 1. The van der Waals surface area contributed by atoms with Crippen LogP contribution in [0.1, 0.15) is 18.2 Å². The first-order chi connectivity index (χ1) is 13.8. The van der Waals surface area contributed by atoms with Crippen LogP contribution in [0.5, 0.6) is 0 Å². The van der Waals surface area contributed by atoms with Crippen LogP contribution in [0.2, 0.25) is 0 Å². The molecule has 0 radical (unpaired) electrons. The summed E-state index contributed by atoms with van der Waals surface area (Å²) < 4.78 is 7.20. The highest BCUT2D eigenvalue weighted by Gasteiger charge is 2.14. The molecule has 0 spiro atoms. The SMILES string of the molecule is CCc1oc2ccccc2c1/C=N\n1cnc2scc(-c3cccs3)c2c1=O. The van der Waals surface area contributed by atoms with Gasteiger partial charge in [-0.1, -0.05) is 31.2 Å². The fourth-order valence-corrected chi connectivity index (χ4v) is 4.98. The maximum Gasteiger partial charge on any atom is 0.283 e. The van der Waals surface area contributed by atoms with Crippen molar-refractivity contribution in [1.29, 1.82) is 0 Å². The number of aromatic nitrogens is 2. The third-order valence-electron chi connectivity index (χ3n) is 4.61. The van der Waals surface area contributed by atoms with Crippen molar-refractivity contribution in [2.45, 2.75) is 13.3 Å². The van der Waals surface area contributed by atoms with Crippen molar-refractivity contribution in [2.75, 3.05) is 0 Å². The van der Waals surface area contributed by atoms with Crippen molar-refractivity contribution < 1.29 is 4.42 Å². The maximum absolute atomic E-state index is 13.1. The Hall–Kier alpha value is -3.03. The van der Waals surface area contributed by atoms with E-state index in [1.807, 2.05) is 54.1 Å². The van der Waals surface area contributed by atoms with Gasteiger partial charge in [0.2, 0.25) is 0 Å². The Balaban J connectivity index is 1.64. The van der Waals surface area contributed by atoms with Crippen LogP contribution in [0.25, 0.3) is 31.6 Å². The zero-order valence-corrected chi connectivity index (χ0v) is 16.6. The van der Waals surface area contributed by atoms with Gasteiger partial charge in [-0.15, -0.1) is 22.7 Å². The molecule has 0 unspecified atom stereocenters. The second kappa shape index (κ2) is 6.85. The third-order valence-corrected chi connectivity index (χ3v) is 6.40. The molecule has 5 nitrogen and oxygen atoms in total. The van der Waals surface area contributed by atoms with Crippen molar-refractivity contribution in [3.8, 4) is 10.4 Å². The Kier molecular flexibility index (Phi) is 4.18. The quantitative estimate of drug-likeness (QED) is 0.377. The van der Waals surface area contributed by atoms with Gasteiger partial charge in [0.05, 0.1) is 11.6 Å². The van der Waals surface area contributed by atoms with Crippen LogP contribution in [0, 0.1) is 0 Å². The molecule has 0 amide bonds. The molecule has 7 heteroatoms. The third kappa shape index (κ3) is 2.71. The smallest absolute Gasteiger partial charge is 0.283 e.